The first kappa shape index (κ1) is 15.1. The number of aryl methyl sites for hydroxylation is 1. The van der Waals surface area contributed by atoms with Crippen molar-refractivity contribution in [2.45, 2.75) is 37.3 Å². The summed E-state index contributed by atoms with van der Waals surface area (Å²) in [6.45, 7) is 6.84. The Labute approximate surface area is 124 Å². The second-order valence-corrected chi connectivity index (χ2v) is 6.29. The van der Waals surface area contributed by atoms with Crippen molar-refractivity contribution >= 4 is 11.8 Å². The molecule has 0 amide bonds. The van der Waals surface area contributed by atoms with Crippen LogP contribution in [0.1, 0.15) is 37.0 Å². The molecule has 1 aromatic carbocycles. The summed E-state index contributed by atoms with van der Waals surface area (Å²) in [6, 6.07) is 8.43. The normalized spacial score (nSPS) is 12.8. The van der Waals surface area contributed by atoms with Crippen LogP contribution in [-0.2, 0) is 5.75 Å². The number of hydrogen-bond acceptors (Lipinski definition) is 5. The second kappa shape index (κ2) is 6.90. The third kappa shape index (κ3) is 3.84. The van der Waals surface area contributed by atoms with Crippen molar-refractivity contribution < 1.29 is 4.52 Å². The Bertz CT molecular complexity index is 536. The highest BCUT2D eigenvalue weighted by Crippen LogP contribution is 2.25. The Morgan fingerprint density at radius 1 is 1.25 bits per heavy atom. The van der Waals surface area contributed by atoms with Gasteiger partial charge in [-0.05, 0) is 25.0 Å². The van der Waals surface area contributed by atoms with Crippen molar-refractivity contribution in [1.29, 1.82) is 0 Å². The van der Waals surface area contributed by atoms with Gasteiger partial charge in [-0.1, -0.05) is 36.7 Å². The summed E-state index contributed by atoms with van der Waals surface area (Å²) in [6.07, 6.45) is 0. The van der Waals surface area contributed by atoms with Crippen LogP contribution in [0.4, 0.5) is 0 Å². The van der Waals surface area contributed by atoms with E-state index in [1.165, 1.54) is 10.5 Å². The maximum atomic E-state index is 5.76. The molecule has 5 heteroatoms. The molecule has 2 aromatic rings. The van der Waals surface area contributed by atoms with Gasteiger partial charge in [0.15, 0.2) is 5.82 Å². The zero-order valence-corrected chi connectivity index (χ0v) is 13.0. The number of nitrogens with zero attached hydrogens (tertiary/aromatic N) is 2. The first-order valence-corrected chi connectivity index (χ1v) is 7.80. The summed E-state index contributed by atoms with van der Waals surface area (Å²) in [7, 11) is 0. The SMILES string of the molecule is Cc1ccc(SCc2noc(C(CN)C(C)C)n2)cc1. The summed E-state index contributed by atoms with van der Waals surface area (Å²) in [4.78, 5) is 5.67. The largest absolute Gasteiger partial charge is 0.339 e. The van der Waals surface area contributed by atoms with E-state index < -0.39 is 0 Å². The lowest BCUT2D eigenvalue weighted by atomic mass is 9.96. The molecule has 0 saturated carbocycles. The van der Waals surface area contributed by atoms with E-state index >= 15 is 0 Å². The summed E-state index contributed by atoms with van der Waals surface area (Å²) in [5, 5.41) is 4.04. The smallest absolute Gasteiger partial charge is 0.231 e. The first-order valence-electron chi connectivity index (χ1n) is 6.82. The minimum Gasteiger partial charge on any atom is -0.339 e. The molecule has 20 heavy (non-hydrogen) atoms. The van der Waals surface area contributed by atoms with Gasteiger partial charge in [0.1, 0.15) is 0 Å². The van der Waals surface area contributed by atoms with Crippen LogP contribution in [0.15, 0.2) is 33.7 Å². The van der Waals surface area contributed by atoms with Crippen LogP contribution in [-0.4, -0.2) is 16.7 Å². The van der Waals surface area contributed by atoms with Gasteiger partial charge in [0.2, 0.25) is 5.89 Å². The van der Waals surface area contributed by atoms with Crippen molar-refractivity contribution in [2.75, 3.05) is 6.54 Å². The first-order chi connectivity index (χ1) is 9.60. The van der Waals surface area contributed by atoms with E-state index in [2.05, 4.69) is 55.2 Å². The molecule has 0 fully saturated rings. The molecule has 1 aromatic heterocycles. The van der Waals surface area contributed by atoms with E-state index in [9.17, 15) is 0 Å². The van der Waals surface area contributed by atoms with Gasteiger partial charge in [-0.2, -0.15) is 4.98 Å². The highest BCUT2D eigenvalue weighted by atomic mass is 32.2. The van der Waals surface area contributed by atoms with Crippen molar-refractivity contribution in [3.8, 4) is 0 Å². The van der Waals surface area contributed by atoms with Gasteiger partial charge >= 0.3 is 0 Å². The predicted octanol–water partition coefficient (Wildman–Crippen LogP) is 3.37. The van der Waals surface area contributed by atoms with Crippen LogP contribution < -0.4 is 5.73 Å². The van der Waals surface area contributed by atoms with Crippen LogP contribution in [0.2, 0.25) is 0 Å². The highest BCUT2D eigenvalue weighted by Gasteiger charge is 2.20. The minimum absolute atomic E-state index is 0.139. The Morgan fingerprint density at radius 2 is 1.95 bits per heavy atom. The monoisotopic (exact) mass is 291 g/mol. The van der Waals surface area contributed by atoms with Gasteiger partial charge in [0.05, 0.1) is 11.7 Å². The van der Waals surface area contributed by atoms with Crippen molar-refractivity contribution in [3.05, 3.63) is 41.5 Å². The summed E-state index contributed by atoms with van der Waals surface area (Å²) < 4.78 is 5.33. The number of rotatable bonds is 6. The zero-order valence-electron chi connectivity index (χ0n) is 12.2. The summed E-state index contributed by atoms with van der Waals surface area (Å²) in [5.74, 6) is 2.63. The van der Waals surface area contributed by atoms with E-state index in [4.69, 9.17) is 10.3 Å². The fraction of sp³-hybridized carbons (Fsp3) is 0.467. The lowest BCUT2D eigenvalue weighted by Crippen LogP contribution is -2.18. The van der Waals surface area contributed by atoms with E-state index in [-0.39, 0.29) is 5.92 Å². The Kier molecular flexibility index (Phi) is 5.20. The molecule has 0 radical (unpaired) electrons. The molecule has 4 nitrogen and oxygen atoms in total. The third-order valence-electron chi connectivity index (χ3n) is 3.25. The van der Waals surface area contributed by atoms with Crippen LogP contribution in [0.25, 0.3) is 0 Å². The lowest BCUT2D eigenvalue weighted by molar-refractivity contribution is 0.322. The average Bonchev–Trinajstić information content (AvgIpc) is 2.87. The highest BCUT2D eigenvalue weighted by molar-refractivity contribution is 7.98. The summed E-state index contributed by atoms with van der Waals surface area (Å²) >= 11 is 1.71. The van der Waals surface area contributed by atoms with Crippen molar-refractivity contribution in [1.82, 2.24) is 10.1 Å². The average molecular weight is 291 g/mol. The lowest BCUT2D eigenvalue weighted by Gasteiger charge is -2.13. The fourth-order valence-corrected chi connectivity index (χ4v) is 2.66. The van der Waals surface area contributed by atoms with E-state index in [1.54, 1.807) is 11.8 Å². The van der Waals surface area contributed by atoms with Gasteiger partial charge in [-0.15, -0.1) is 11.8 Å². The Morgan fingerprint density at radius 3 is 2.55 bits per heavy atom. The quantitative estimate of drug-likeness (QED) is 0.827. The maximum absolute atomic E-state index is 5.76. The number of aromatic nitrogens is 2. The molecule has 0 aliphatic rings. The van der Waals surface area contributed by atoms with Crippen LogP contribution in [0, 0.1) is 12.8 Å². The molecule has 2 N–H and O–H groups in total. The minimum atomic E-state index is 0.139. The molecule has 2 rings (SSSR count). The zero-order chi connectivity index (χ0) is 14.5. The topological polar surface area (TPSA) is 64.9 Å². The van der Waals surface area contributed by atoms with Crippen LogP contribution in [0.3, 0.4) is 0 Å². The van der Waals surface area contributed by atoms with E-state index in [0.29, 0.717) is 24.1 Å². The van der Waals surface area contributed by atoms with Crippen molar-refractivity contribution in [2.24, 2.45) is 11.7 Å². The molecular weight excluding hydrogens is 270 g/mol. The molecule has 0 spiro atoms. The van der Waals surface area contributed by atoms with Gasteiger partial charge in [0.25, 0.3) is 0 Å². The molecule has 108 valence electrons. The molecule has 1 heterocycles. The second-order valence-electron chi connectivity index (χ2n) is 5.24. The number of benzene rings is 1. The molecule has 0 aliphatic carbocycles. The number of nitrogens with two attached hydrogens (primary N) is 1. The van der Waals surface area contributed by atoms with Crippen molar-refractivity contribution in [3.63, 3.8) is 0 Å². The maximum Gasteiger partial charge on any atom is 0.231 e. The molecule has 0 bridgehead atoms. The van der Waals surface area contributed by atoms with Gasteiger partial charge in [-0.25, -0.2) is 0 Å². The van der Waals surface area contributed by atoms with Crippen LogP contribution in [0.5, 0.6) is 0 Å². The van der Waals surface area contributed by atoms with E-state index in [1.807, 2.05) is 0 Å². The van der Waals surface area contributed by atoms with Gasteiger partial charge in [0, 0.05) is 11.4 Å². The summed E-state index contributed by atoms with van der Waals surface area (Å²) in [5.41, 5.74) is 7.02. The molecule has 1 unspecified atom stereocenters. The molecular formula is C15H21N3OS. The Balaban J connectivity index is 1.97. The Hall–Kier alpha value is -1.33. The molecule has 0 saturated heterocycles. The third-order valence-corrected chi connectivity index (χ3v) is 4.26. The predicted molar refractivity (Wildman–Crippen MR) is 81.7 cm³/mol. The van der Waals surface area contributed by atoms with E-state index in [0.717, 1.165) is 5.82 Å². The number of hydrogen-bond donors (Lipinski definition) is 1. The molecule has 1 atom stereocenters. The molecule has 0 aliphatic heterocycles. The van der Waals surface area contributed by atoms with Crippen LogP contribution >= 0.6 is 11.8 Å². The van der Waals surface area contributed by atoms with Gasteiger partial charge < -0.3 is 10.3 Å². The van der Waals surface area contributed by atoms with Gasteiger partial charge in [-0.3, -0.25) is 0 Å². The fourth-order valence-electron chi connectivity index (χ4n) is 1.92. The standard InChI is InChI=1S/C15H21N3OS/c1-10(2)13(8-16)15-17-14(18-19-15)9-20-12-6-4-11(3)5-7-12/h4-7,10,13H,8-9,16H2,1-3H3. The number of thioether (sulfide) groups is 1.